The first-order valence-electron chi connectivity index (χ1n) is 7.75. The van der Waals surface area contributed by atoms with Gasteiger partial charge in [0.05, 0.1) is 32.6 Å². The van der Waals surface area contributed by atoms with E-state index in [1.54, 1.807) is 16.8 Å². The minimum absolute atomic E-state index is 0.0142. The Balaban J connectivity index is 1.94. The number of carbonyl (C=O) groups is 1. The summed E-state index contributed by atoms with van der Waals surface area (Å²) in [7, 11) is 0. The molecular formula is C18H15ClN4O3. The van der Waals surface area contributed by atoms with Gasteiger partial charge in [-0.25, -0.2) is 4.68 Å². The van der Waals surface area contributed by atoms with Crippen molar-refractivity contribution in [2.75, 3.05) is 5.32 Å². The summed E-state index contributed by atoms with van der Waals surface area (Å²) in [5.41, 5.74) is 3.04. The number of aryl methyl sites for hydroxylation is 2. The highest BCUT2D eigenvalue weighted by molar-refractivity contribution is 6.34. The van der Waals surface area contributed by atoms with Crippen molar-refractivity contribution in [1.82, 2.24) is 9.78 Å². The van der Waals surface area contributed by atoms with Crippen molar-refractivity contribution in [1.29, 1.82) is 0 Å². The molecule has 0 fully saturated rings. The molecule has 0 aliphatic heterocycles. The molecule has 1 aromatic heterocycles. The van der Waals surface area contributed by atoms with E-state index >= 15 is 0 Å². The second kappa shape index (κ2) is 6.97. The lowest BCUT2D eigenvalue weighted by atomic mass is 10.1. The Hall–Kier alpha value is -3.19. The summed E-state index contributed by atoms with van der Waals surface area (Å²) in [6, 6.07) is 12.9. The Morgan fingerprint density at radius 1 is 1.19 bits per heavy atom. The number of hydrogen-bond donors (Lipinski definition) is 1. The van der Waals surface area contributed by atoms with Crippen LogP contribution in [0.1, 0.15) is 21.7 Å². The molecule has 0 spiro atoms. The van der Waals surface area contributed by atoms with Gasteiger partial charge in [0.2, 0.25) is 0 Å². The normalized spacial score (nSPS) is 10.6. The summed E-state index contributed by atoms with van der Waals surface area (Å²) >= 11 is 6.04. The number of nitro benzene ring substituents is 1. The maximum Gasteiger partial charge on any atom is 0.270 e. The Labute approximate surface area is 154 Å². The third-order valence-corrected chi connectivity index (χ3v) is 4.11. The number of non-ortho nitro benzene ring substituents is 1. The van der Waals surface area contributed by atoms with E-state index in [0.29, 0.717) is 11.4 Å². The first-order valence-corrected chi connectivity index (χ1v) is 8.12. The van der Waals surface area contributed by atoms with Crippen LogP contribution in [0.4, 0.5) is 11.4 Å². The van der Waals surface area contributed by atoms with Crippen LogP contribution in [0.2, 0.25) is 5.02 Å². The van der Waals surface area contributed by atoms with Gasteiger partial charge in [0.15, 0.2) is 0 Å². The lowest BCUT2D eigenvalue weighted by Crippen LogP contribution is -2.15. The van der Waals surface area contributed by atoms with Gasteiger partial charge >= 0.3 is 0 Å². The molecule has 0 aliphatic carbocycles. The number of nitro groups is 1. The fourth-order valence-electron chi connectivity index (χ4n) is 2.63. The number of carbonyl (C=O) groups excluding carboxylic acids is 1. The third-order valence-electron chi connectivity index (χ3n) is 3.80. The fraction of sp³-hybridized carbons (Fsp3) is 0.111. The molecule has 1 N–H and O–H groups in total. The zero-order valence-corrected chi connectivity index (χ0v) is 14.8. The van der Waals surface area contributed by atoms with Crippen LogP contribution in [-0.2, 0) is 0 Å². The minimum Gasteiger partial charge on any atom is -0.320 e. The van der Waals surface area contributed by atoms with Crippen molar-refractivity contribution >= 4 is 28.9 Å². The van der Waals surface area contributed by atoms with Crippen molar-refractivity contribution in [2.45, 2.75) is 13.8 Å². The van der Waals surface area contributed by atoms with E-state index in [1.165, 1.54) is 12.1 Å². The lowest BCUT2D eigenvalue weighted by molar-refractivity contribution is -0.384. The molecule has 1 heterocycles. The zero-order chi connectivity index (χ0) is 18.8. The van der Waals surface area contributed by atoms with Crippen LogP contribution >= 0.6 is 11.6 Å². The molecule has 0 saturated heterocycles. The molecule has 26 heavy (non-hydrogen) atoms. The molecule has 3 rings (SSSR count). The van der Waals surface area contributed by atoms with Crippen LogP contribution < -0.4 is 5.32 Å². The van der Waals surface area contributed by atoms with E-state index in [1.807, 2.05) is 32.0 Å². The topological polar surface area (TPSA) is 90.1 Å². The van der Waals surface area contributed by atoms with Gasteiger partial charge in [0, 0.05) is 17.8 Å². The minimum atomic E-state index is -0.564. The smallest absolute Gasteiger partial charge is 0.270 e. The molecule has 0 bridgehead atoms. The van der Waals surface area contributed by atoms with Crippen LogP contribution in [0.15, 0.2) is 48.5 Å². The molecule has 132 valence electrons. The summed E-state index contributed by atoms with van der Waals surface area (Å²) in [6.45, 7) is 3.81. The Morgan fingerprint density at radius 2 is 1.92 bits per heavy atom. The van der Waals surface area contributed by atoms with Crippen molar-refractivity contribution < 1.29 is 9.72 Å². The number of nitrogens with one attached hydrogen (secondary N) is 1. The molecule has 0 saturated carbocycles. The number of halogens is 1. The quantitative estimate of drug-likeness (QED) is 0.547. The first-order chi connectivity index (χ1) is 12.4. The van der Waals surface area contributed by atoms with Crippen molar-refractivity contribution in [3.05, 3.63) is 80.6 Å². The predicted molar refractivity (Wildman–Crippen MR) is 99.1 cm³/mol. The van der Waals surface area contributed by atoms with Gasteiger partial charge in [-0.15, -0.1) is 0 Å². The maximum atomic E-state index is 12.6. The SMILES string of the molecule is Cc1cc(C)n(-c2ccccc2NC(=O)c2ccc([N+](=O)[O-])cc2Cl)n1. The highest BCUT2D eigenvalue weighted by Crippen LogP contribution is 2.26. The highest BCUT2D eigenvalue weighted by Gasteiger charge is 2.17. The summed E-state index contributed by atoms with van der Waals surface area (Å²) in [5, 5.41) is 18.0. The molecule has 2 aromatic carbocycles. The van der Waals surface area contributed by atoms with E-state index in [-0.39, 0.29) is 16.3 Å². The largest absolute Gasteiger partial charge is 0.320 e. The van der Waals surface area contributed by atoms with Gasteiger partial charge < -0.3 is 5.32 Å². The second-order valence-electron chi connectivity index (χ2n) is 5.73. The summed E-state index contributed by atoms with van der Waals surface area (Å²) < 4.78 is 1.74. The summed E-state index contributed by atoms with van der Waals surface area (Å²) in [4.78, 5) is 22.8. The van der Waals surface area contributed by atoms with Gasteiger partial charge in [0.25, 0.3) is 11.6 Å². The van der Waals surface area contributed by atoms with Crippen LogP contribution in [0.5, 0.6) is 0 Å². The number of aromatic nitrogens is 2. The number of amides is 1. The van der Waals surface area contributed by atoms with E-state index in [2.05, 4.69) is 10.4 Å². The standard InChI is InChI=1S/C18H15ClN4O3/c1-11-9-12(2)22(21-11)17-6-4-3-5-16(17)20-18(24)14-8-7-13(23(25)26)10-15(14)19/h3-10H,1-2H3,(H,20,24). The fourth-order valence-corrected chi connectivity index (χ4v) is 2.89. The number of rotatable bonds is 4. The van der Waals surface area contributed by atoms with Crippen LogP contribution in [0.3, 0.4) is 0 Å². The molecule has 0 radical (unpaired) electrons. The second-order valence-corrected chi connectivity index (χ2v) is 6.14. The van der Waals surface area contributed by atoms with E-state index in [0.717, 1.165) is 17.5 Å². The Kier molecular flexibility index (Phi) is 4.73. The van der Waals surface area contributed by atoms with Gasteiger partial charge in [-0.2, -0.15) is 5.10 Å². The molecule has 1 amide bonds. The third kappa shape index (κ3) is 3.43. The molecule has 7 nitrogen and oxygen atoms in total. The van der Waals surface area contributed by atoms with Crippen LogP contribution in [0.25, 0.3) is 5.69 Å². The number of benzene rings is 2. The molecular weight excluding hydrogens is 356 g/mol. The van der Waals surface area contributed by atoms with Crippen molar-refractivity contribution in [2.24, 2.45) is 0 Å². The average Bonchev–Trinajstić information content (AvgIpc) is 2.93. The number of hydrogen-bond acceptors (Lipinski definition) is 4. The molecule has 0 unspecified atom stereocenters. The number of para-hydroxylation sites is 2. The Bertz CT molecular complexity index is 1010. The Morgan fingerprint density at radius 3 is 2.54 bits per heavy atom. The predicted octanol–water partition coefficient (Wildman–Crippen LogP) is 4.30. The van der Waals surface area contributed by atoms with Gasteiger partial charge in [-0.1, -0.05) is 23.7 Å². The number of anilines is 1. The highest BCUT2D eigenvalue weighted by atomic mass is 35.5. The first kappa shape index (κ1) is 17.6. The van der Waals surface area contributed by atoms with Crippen molar-refractivity contribution in [3.8, 4) is 5.69 Å². The summed E-state index contributed by atoms with van der Waals surface area (Å²) in [5.74, 6) is -0.459. The average molecular weight is 371 g/mol. The van der Waals surface area contributed by atoms with E-state index < -0.39 is 10.8 Å². The van der Waals surface area contributed by atoms with E-state index in [4.69, 9.17) is 11.6 Å². The summed E-state index contributed by atoms with van der Waals surface area (Å²) in [6.07, 6.45) is 0. The van der Waals surface area contributed by atoms with Crippen LogP contribution in [-0.4, -0.2) is 20.6 Å². The monoisotopic (exact) mass is 370 g/mol. The lowest BCUT2D eigenvalue weighted by Gasteiger charge is -2.13. The van der Waals surface area contributed by atoms with Gasteiger partial charge in [-0.05, 0) is 38.1 Å². The number of nitrogens with zero attached hydrogens (tertiary/aromatic N) is 3. The molecule has 8 heteroatoms. The van der Waals surface area contributed by atoms with E-state index in [9.17, 15) is 14.9 Å². The molecule has 3 aromatic rings. The van der Waals surface area contributed by atoms with Gasteiger partial charge in [0.1, 0.15) is 0 Å². The van der Waals surface area contributed by atoms with Crippen molar-refractivity contribution in [3.63, 3.8) is 0 Å². The maximum absolute atomic E-state index is 12.6. The van der Waals surface area contributed by atoms with Gasteiger partial charge in [-0.3, -0.25) is 14.9 Å². The zero-order valence-electron chi connectivity index (χ0n) is 14.1. The molecule has 0 aliphatic rings. The van der Waals surface area contributed by atoms with Crippen LogP contribution in [0, 0.1) is 24.0 Å². The molecule has 0 atom stereocenters.